The fraction of sp³-hybridized carbons (Fsp3) is 0.462. The molecule has 0 spiro atoms. The Morgan fingerprint density at radius 2 is 1.90 bits per heavy atom. The second-order valence-corrected chi connectivity index (χ2v) is 6.92. The standard InChI is InChI=1S/C13H19ClN2O3S/c1-3-4-9-16(20(2,18)19)10-13(17)15-12-7-5-11(14)6-8-12/h5-8H,3-4,9-10H2,1-2H3,(H,15,17). The molecule has 0 bridgehead atoms. The number of halogens is 1. The minimum Gasteiger partial charge on any atom is -0.325 e. The summed E-state index contributed by atoms with van der Waals surface area (Å²) in [6, 6.07) is 6.64. The summed E-state index contributed by atoms with van der Waals surface area (Å²) < 4.78 is 24.4. The van der Waals surface area contributed by atoms with Crippen LogP contribution in [-0.4, -0.2) is 38.0 Å². The molecule has 1 N–H and O–H groups in total. The van der Waals surface area contributed by atoms with Gasteiger partial charge in [0.1, 0.15) is 0 Å². The van der Waals surface area contributed by atoms with E-state index in [1.165, 1.54) is 4.31 Å². The van der Waals surface area contributed by atoms with E-state index in [-0.39, 0.29) is 12.5 Å². The topological polar surface area (TPSA) is 66.5 Å². The third-order valence-electron chi connectivity index (χ3n) is 2.68. The Balaban J connectivity index is 2.64. The molecule has 1 aromatic carbocycles. The number of carbonyl (C=O) groups excluding carboxylic acids is 1. The summed E-state index contributed by atoms with van der Waals surface area (Å²) in [5.41, 5.74) is 0.586. The third-order valence-corrected chi connectivity index (χ3v) is 4.18. The van der Waals surface area contributed by atoms with Crippen molar-refractivity contribution in [2.45, 2.75) is 19.8 Å². The van der Waals surface area contributed by atoms with E-state index in [0.29, 0.717) is 17.3 Å². The molecule has 0 aromatic heterocycles. The minimum absolute atomic E-state index is 0.179. The van der Waals surface area contributed by atoms with E-state index in [4.69, 9.17) is 11.6 Å². The van der Waals surface area contributed by atoms with Gasteiger partial charge in [-0.15, -0.1) is 0 Å². The van der Waals surface area contributed by atoms with Crippen LogP contribution in [0.3, 0.4) is 0 Å². The summed E-state index contributed by atoms with van der Waals surface area (Å²) in [6.45, 7) is 2.14. The summed E-state index contributed by atoms with van der Waals surface area (Å²) in [6.07, 6.45) is 2.70. The molecule has 1 amide bonds. The quantitative estimate of drug-likeness (QED) is 0.839. The number of rotatable bonds is 7. The monoisotopic (exact) mass is 318 g/mol. The van der Waals surface area contributed by atoms with Gasteiger partial charge in [0.15, 0.2) is 0 Å². The van der Waals surface area contributed by atoms with Gasteiger partial charge in [-0.05, 0) is 30.7 Å². The van der Waals surface area contributed by atoms with Crippen LogP contribution in [0.2, 0.25) is 5.02 Å². The fourth-order valence-electron chi connectivity index (χ4n) is 1.59. The van der Waals surface area contributed by atoms with Gasteiger partial charge in [0.2, 0.25) is 15.9 Å². The molecule has 7 heteroatoms. The first-order valence-electron chi connectivity index (χ1n) is 6.33. The molecule has 0 aliphatic carbocycles. The number of nitrogens with one attached hydrogen (secondary N) is 1. The molecular formula is C13H19ClN2O3S. The van der Waals surface area contributed by atoms with Gasteiger partial charge in [-0.3, -0.25) is 4.79 Å². The average molecular weight is 319 g/mol. The summed E-state index contributed by atoms with van der Waals surface area (Å²) in [5, 5.41) is 3.22. The minimum atomic E-state index is -3.38. The van der Waals surface area contributed by atoms with E-state index < -0.39 is 10.0 Å². The molecule has 1 rings (SSSR count). The molecule has 0 aliphatic heterocycles. The lowest BCUT2D eigenvalue weighted by molar-refractivity contribution is -0.116. The molecule has 20 heavy (non-hydrogen) atoms. The van der Waals surface area contributed by atoms with Crippen LogP contribution in [0.4, 0.5) is 5.69 Å². The Morgan fingerprint density at radius 3 is 2.40 bits per heavy atom. The Kier molecular flexibility index (Phi) is 6.45. The SMILES string of the molecule is CCCCN(CC(=O)Nc1ccc(Cl)cc1)S(C)(=O)=O. The van der Waals surface area contributed by atoms with E-state index in [9.17, 15) is 13.2 Å². The van der Waals surface area contributed by atoms with Crippen molar-refractivity contribution >= 4 is 33.2 Å². The third kappa shape index (κ3) is 5.90. The lowest BCUT2D eigenvalue weighted by Gasteiger charge is -2.19. The summed E-state index contributed by atoms with van der Waals surface area (Å²) in [7, 11) is -3.38. The van der Waals surface area contributed by atoms with Gasteiger partial charge >= 0.3 is 0 Å². The van der Waals surface area contributed by atoms with Gasteiger partial charge < -0.3 is 5.32 Å². The van der Waals surface area contributed by atoms with Crippen molar-refractivity contribution in [1.29, 1.82) is 0 Å². The second kappa shape index (κ2) is 7.61. The van der Waals surface area contributed by atoms with E-state index in [1.54, 1.807) is 24.3 Å². The zero-order valence-corrected chi connectivity index (χ0v) is 13.2. The Labute approximate surface area is 125 Å². The number of carbonyl (C=O) groups is 1. The molecule has 0 aliphatic rings. The summed E-state index contributed by atoms with van der Waals surface area (Å²) >= 11 is 5.75. The van der Waals surface area contributed by atoms with E-state index in [2.05, 4.69) is 5.32 Å². The molecule has 5 nitrogen and oxygen atoms in total. The lowest BCUT2D eigenvalue weighted by atomic mass is 10.3. The first-order valence-corrected chi connectivity index (χ1v) is 8.56. The summed E-state index contributed by atoms with van der Waals surface area (Å²) in [4.78, 5) is 11.9. The van der Waals surface area contributed by atoms with Crippen LogP contribution in [0.25, 0.3) is 0 Å². The van der Waals surface area contributed by atoms with Crippen LogP contribution < -0.4 is 5.32 Å². The predicted octanol–water partition coefficient (Wildman–Crippen LogP) is 2.34. The molecule has 0 saturated heterocycles. The van der Waals surface area contributed by atoms with Crippen molar-refractivity contribution in [2.24, 2.45) is 0 Å². The highest BCUT2D eigenvalue weighted by molar-refractivity contribution is 7.88. The number of hydrogen-bond acceptors (Lipinski definition) is 3. The molecule has 112 valence electrons. The van der Waals surface area contributed by atoms with Crippen LogP contribution in [-0.2, 0) is 14.8 Å². The van der Waals surface area contributed by atoms with Crippen molar-refractivity contribution in [3.8, 4) is 0 Å². The molecule has 1 aromatic rings. The van der Waals surface area contributed by atoms with Crippen LogP contribution in [0.5, 0.6) is 0 Å². The van der Waals surface area contributed by atoms with Crippen molar-refractivity contribution in [3.63, 3.8) is 0 Å². The number of benzene rings is 1. The van der Waals surface area contributed by atoms with E-state index in [0.717, 1.165) is 19.1 Å². The van der Waals surface area contributed by atoms with Crippen LogP contribution in [0.1, 0.15) is 19.8 Å². The molecule has 0 heterocycles. The highest BCUT2D eigenvalue weighted by Gasteiger charge is 2.19. The van der Waals surface area contributed by atoms with Crippen molar-refractivity contribution in [2.75, 3.05) is 24.7 Å². The normalized spacial score (nSPS) is 11.6. The van der Waals surface area contributed by atoms with Crippen LogP contribution >= 0.6 is 11.6 Å². The number of nitrogens with zero attached hydrogens (tertiary/aromatic N) is 1. The Bertz CT molecular complexity index is 543. The van der Waals surface area contributed by atoms with Gasteiger partial charge in [0.25, 0.3) is 0 Å². The highest BCUT2D eigenvalue weighted by Crippen LogP contribution is 2.13. The number of hydrogen-bond donors (Lipinski definition) is 1. The number of amides is 1. The molecule has 0 fully saturated rings. The molecule has 0 atom stereocenters. The van der Waals surface area contributed by atoms with E-state index in [1.807, 2.05) is 6.92 Å². The molecule has 0 radical (unpaired) electrons. The van der Waals surface area contributed by atoms with Gasteiger partial charge in [-0.2, -0.15) is 4.31 Å². The van der Waals surface area contributed by atoms with Crippen molar-refractivity contribution in [3.05, 3.63) is 29.3 Å². The predicted molar refractivity (Wildman–Crippen MR) is 81.4 cm³/mol. The number of sulfonamides is 1. The second-order valence-electron chi connectivity index (χ2n) is 4.51. The molecular weight excluding hydrogens is 300 g/mol. The highest BCUT2D eigenvalue weighted by atomic mass is 35.5. The van der Waals surface area contributed by atoms with Crippen LogP contribution in [0.15, 0.2) is 24.3 Å². The first kappa shape index (κ1) is 16.9. The maximum absolute atomic E-state index is 11.9. The first-order chi connectivity index (χ1) is 9.32. The smallest absolute Gasteiger partial charge is 0.239 e. The van der Waals surface area contributed by atoms with Gasteiger partial charge in [-0.25, -0.2) is 8.42 Å². The lowest BCUT2D eigenvalue weighted by Crippen LogP contribution is -2.37. The summed E-state index contributed by atoms with van der Waals surface area (Å²) in [5.74, 6) is -0.367. The number of unbranched alkanes of at least 4 members (excludes halogenated alkanes) is 1. The largest absolute Gasteiger partial charge is 0.325 e. The zero-order chi connectivity index (χ0) is 15.2. The van der Waals surface area contributed by atoms with Gasteiger partial charge in [0, 0.05) is 17.3 Å². The maximum Gasteiger partial charge on any atom is 0.239 e. The number of anilines is 1. The fourth-order valence-corrected chi connectivity index (χ4v) is 2.53. The van der Waals surface area contributed by atoms with Crippen molar-refractivity contribution in [1.82, 2.24) is 4.31 Å². The van der Waals surface area contributed by atoms with Gasteiger partial charge in [-0.1, -0.05) is 24.9 Å². The zero-order valence-electron chi connectivity index (χ0n) is 11.6. The Hall–Kier alpha value is -1.11. The Morgan fingerprint density at radius 1 is 1.30 bits per heavy atom. The molecule has 0 unspecified atom stereocenters. The maximum atomic E-state index is 11.9. The average Bonchev–Trinajstić information content (AvgIpc) is 2.36. The van der Waals surface area contributed by atoms with Crippen molar-refractivity contribution < 1.29 is 13.2 Å². The van der Waals surface area contributed by atoms with Crippen LogP contribution in [0, 0.1) is 0 Å². The molecule has 0 saturated carbocycles. The van der Waals surface area contributed by atoms with Gasteiger partial charge in [0.05, 0.1) is 12.8 Å². The van der Waals surface area contributed by atoms with E-state index >= 15 is 0 Å².